The van der Waals surface area contributed by atoms with Crippen LogP contribution in [-0.2, 0) is 14.3 Å². The number of aromatic nitrogens is 3. The average molecular weight is 738 g/mol. The third-order valence-corrected chi connectivity index (χ3v) is 17.1. The van der Waals surface area contributed by atoms with Crippen molar-refractivity contribution in [2.45, 2.75) is 139 Å². The Kier molecular flexibility index (Phi) is 10.4. The number of carbonyl (C=O) groups is 2. The molecule has 2 heterocycles. The maximum absolute atomic E-state index is 13.5. The molecule has 6 rings (SSSR count). The zero-order valence-corrected chi connectivity index (χ0v) is 35.0. The number of ether oxygens (including phenoxy) is 2. The molecule has 4 aliphatic carbocycles. The second kappa shape index (κ2) is 13.7. The van der Waals surface area contributed by atoms with Crippen molar-refractivity contribution in [3.63, 3.8) is 0 Å². The summed E-state index contributed by atoms with van der Waals surface area (Å²) >= 11 is 0. The van der Waals surface area contributed by atoms with Crippen molar-refractivity contribution in [2.75, 3.05) is 32.9 Å². The fourth-order valence-corrected chi connectivity index (χ4v) is 12.8. The van der Waals surface area contributed by atoms with Crippen molar-refractivity contribution in [1.29, 1.82) is 0 Å². The van der Waals surface area contributed by atoms with Gasteiger partial charge in [-0.05, 0) is 105 Å². The highest BCUT2D eigenvalue weighted by Crippen LogP contribution is 2.75. The van der Waals surface area contributed by atoms with Gasteiger partial charge in [0.15, 0.2) is 0 Å². The quantitative estimate of drug-likeness (QED) is 0.222. The van der Waals surface area contributed by atoms with E-state index < -0.39 is 17.4 Å². The largest absolute Gasteiger partial charge is 0.481 e. The number of fused-ring (bicyclic) bond motifs is 3. The van der Waals surface area contributed by atoms with Crippen LogP contribution in [0.4, 0.5) is 0 Å². The Bertz CT molecular complexity index is 1580. The van der Waals surface area contributed by atoms with Gasteiger partial charge in [0.25, 0.3) is 5.91 Å². The molecule has 1 aliphatic heterocycles. The van der Waals surface area contributed by atoms with Crippen LogP contribution in [0.15, 0.2) is 18.0 Å². The van der Waals surface area contributed by atoms with Crippen LogP contribution in [0.2, 0.25) is 0 Å². The number of hydrogen-bond acceptors (Lipinski definition) is 7. The summed E-state index contributed by atoms with van der Waals surface area (Å²) < 4.78 is 15.7. The van der Waals surface area contributed by atoms with Gasteiger partial charge in [0.2, 0.25) is 5.82 Å². The second-order valence-corrected chi connectivity index (χ2v) is 20.0. The van der Waals surface area contributed by atoms with Crippen LogP contribution in [0.25, 0.3) is 0 Å². The fraction of sp³-hybridized carbons (Fsp3) is 0.860. The number of allylic oxidation sites excluding steroid dienone is 1. The number of nitrogens with two attached hydrogens (primary N) is 1. The molecule has 0 aromatic carbocycles. The van der Waals surface area contributed by atoms with Gasteiger partial charge in [0, 0.05) is 29.5 Å². The molecular formula is C43H71N5O5. The van der Waals surface area contributed by atoms with Crippen LogP contribution in [0.5, 0.6) is 0 Å². The molecule has 0 radical (unpaired) electrons. The molecule has 1 unspecified atom stereocenters. The molecule has 2 bridgehead atoms. The monoisotopic (exact) mass is 738 g/mol. The van der Waals surface area contributed by atoms with E-state index in [1.165, 1.54) is 5.57 Å². The lowest BCUT2D eigenvalue weighted by Crippen LogP contribution is -2.69. The molecule has 0 spiro atoms. The second-order valence-electron chi connectivity index (χ2n) is 20.0. The van der Waals surface area contributed by atoms with E-state index in [1.54, 1.807) is 11.2 Å². The summed E-state index contributed by atoms with van der Waals surface area (Å²) in [5.41, 5.74) is 6.31. The number of carbonyl (C=O) groups excluding carboxylic acids is 1. The molecule has 1 aromatic rings. The third kappa shape index (κ3) is 5.88. The van der Waals surface area contributed by atoms with Crippen LogP contribution in [0, 0.1) is 62.6 Å². The van der Waals surface area contributed by atoms with Gasteiger partial charge >= 0.3 is 5.97 Å². The third-order valence-electron chi connectivity index (χ3n) is 17.1. The minimum absolute atomic E-state index is 0.161. The van der Waals surface area contributed by atoms with Gasteiger partial charge in [-0.15, -0.1) is 5.10 Å². The molecule has 4 fully saturated rings. The van der Waals surface area contributed by atoms with Crippen molar-refractivity contribution < 1.29 is 24.2 Å². The minimum Gasteiger partial charge on any atom is -0.481 e. The van der Waals surface area contributed by atoms with Crippen LogP contribution >= 0.6 is 0 Å². The molecule has 10 nitrogen and oxygen atoms in total. The molecule has 53 heavy (non-hydrogen) atoms. The van der Waals surface area contributed by atoms with Crippen LogP contribution in [0.1, 0.15) is 138 Å². The van der Waals surface area contributed by atoms with E-state index in [-0.39, 0.29) is 62.8 Å². The summed E-state index contributed by atoms with van der Waals surface area (Å²) in [7, 11) is 0. The van der Waals surface area contributed by atoms with Crippen molar-refractivity contribution in [3.8, 4) is 0 Å². The van der Waals surface area contributed by atoms with Gasteiger partial charge in [0.1, 0.15) is 6.33 Å². The van der Waals surface area contributed by atoms with Crippen molar-refractivity contribution in [3.05, 3.63) is 23.8 Å². The average Bonchev–Trinajstić information content (AvgIpc) is 3.58. The maximum atomic E-state index is 13.5. The van der Waals surface area contributed by atoms with E-state index >= 15 is 0 Å². The number of carboxylic acid groups (broad SMARTS) is 1. The van der Waals surface area contributed by atoms with Gasteiger partial charge in [-0.3, -0.25) is 9.59 Å². The van der Waals surface area contributed by atoms with Crippen LogP contribution in [-0.4, -0.2) is 81.2 Å². The normalized spacial score (nSPS) is 41.1. The molecule has 1 aromatic heterocycles. The molecule has 10 heteroatoms. The summed E-state index contributed by atoms with van der Waals surface area (Å²) in [4.78, 5) is 33.3. The number of rotatable bonds is 11. The first-order valence-electron chi connectivity index (χ1n) is 20.8. The van der Waals surface area contributed by atoms with E-state index in [0.29, 0.717) is 50.7 Å². The Labute approximate surface area is 319 Å². The van der Waals surface area contributed by atoms with Crippen molar-refractivity contribution >= 4 is 11.9 Å². The smallest absolute Gasteiger partial charge is 0.307 e. The summed E-state index contributed by atoms with van der Waals surface area (Å²) in [6.45, 7) is 29.2. The molecular weight excluding hydrogens is 667 g/mol. The number of aliphatic carboxylic acids is 1. The Morgan fingerprint density at radius 1 is 1.08 bits per heavy atom. The van der Waals surface area contributed by atoms with Crippen molar-refractivity contribution in [2.24, 2.45) is 68.3 Å². The summed E-state index contributed by atoms with van der Waals surface area (Å²) in [5, 5.41) is 16.0. The molecule has 3 N–H and O–H groups in total. The standard InChI is InChI=1S/C43H71N5O5/c1-13-47(14-2)36(49)35-45-25-48(46-35)31-21-43-24-52-22-39(9,34(31)53-23-42(12,44)27(5)6)32(43)16-15-29-30(43)17-18-41(11)33(37(50)51)38(8,28(7)26(3)4)19-20-40(29,41)10/h17,25-29,31-34H,13-16,18-24,44H2,1-12H3,(H,50,51)/t28-,29+,31-,32+,33-,34+,38-,39+,40-,41+,42+,43?/m1/s1. The van der Waals surface area contributed by atoms with Crippen LogP contribution < -0.4 is 5.73 Å². The van der Waals surface area contributed by atoms with E-state index in [2.05, 4.69) is 80.3 Å². The number of hydrogen-bond donors (Lipinski definition) is 2. The molecule has 12 atom stereocenters. The summed E-state index contributed by atoms with van der Waals surface area (Å²) in [6, 6.07) is -0.192. The Morgan fingerprint density at radius 3 is 2.36 bits per heavy atom. The lowest BCUT2D eigenvalue weighted by Gasteiger charge is -2.71. The Morgan fingerprint density at radius 2 is 1.75 bits per heavy atom. The molecule has 298 valence electrons. The Hall–Kier alpha value is -2.30. The highest BCUT2D eigenvalue weighted by Gasteiger charge is 2.72. The van der Waals surface area contributed by atoms with Gasteiger partial charge in [-0.2, -0.15) is 0 Å². The first-order chi connectivity index (χ1) is 24.7. The van der Waals surface area contributed by atoms with E-state index in [4.69, 9.17) is 20.3 Å². The first kappa shape index (κ1) is 40.4. The summed E-state index contributed by atoms with van der Waals surface area (Å²) in [5.74, 6) is 0.461. The van der Waals surface area contributed by atoms with Crippen molar-refractivity contribution in [1.82, 2.24) is 19.7 Å². The molecule has 3 saturated carbocycles. The topological polar surface area (TPSA) is 133 Å². The Balaban J connectivity index is 1.46. The first-order valence-corrected chi connectivity index (χ1v) is 20.8. The zero-order valence-electron chi connectivity index (χ0n) is 35.0. The van der Waals surface area contributed by atoms with Gasteiger partial charge in [-0.25, -0.2) is 9.67 Å². The highest BCUT2D eigenvalue weighted by atomic mass is 16.5. The number of amides is 1. The van der Waals surface area contributed by atoms with E-state index in [0.717, 1.165) is 38.5 Å². The number of nitrogens with zero attached hydrogens (tertiary/aromatic N) is 4. The summed E-state index contributed by atoms with van der Waals surface area (Å²) in [6.07, 6.45) is 9.46. The number of carboxylic acids is 1. The lowest BCUT2D eigenvalue weighted by molar-refractivity contribution is -0.252. The molecule has 1 amide bonds. The fourth-order valence-electron chi connectivity index (χ4n) is 12.8. The van der Waals surface area contributed by atoms with E-state index in [9.17, 15) is 14.7 Å². The zero-order chi connectivity index (χ0) is 39.1. The van der Waals surface area contributed by atoms with Crippen LogP contribution in [0.3, 0.4) is 0 Å². The maximum Gasteiger partial charge on any atom is 0.307 e. The molecule has 5 aliphatic rings. The van der Waals surface area contributed by atoms with E-state index in [1.807, 2.05) is 18.5 Å². The highest BCUT2D eigenvalue weighted by molar-refractivity contribution is 5.90. The predicted molar refractivity (Wildman–Crippen MR) is 207 cm³/mol. The lowest BCUT2D eigenvalue weighted by atomic mass is 9.34. The van der Waals surface area contributed by atoms with Gasteiger partial charge < -0.3 is 25.2 Å². The van der Waals surface area contributed by atoms with Gasteiger partial charge in [-0.1, -0.05) is 74.0 Å². The van der Waals surface area contributed by atoms with Gasteiger partial charge in [0.05, 0.1) is 37.9 Å². The predicted octanol–water partition coefficient (Wildman–Crippen LogP) is 7.65. The minimum atomic E-state index is -0.641. The SMILES string of the molecule is CCN(CC)C(=O)c1ncn([C@@H]2CC34COC[C@@](C)([C@@H]3CC[C@H]3C4=CC[C@@]4(C)[C@H](C(=O)O)[C@@](C)([C@H](C)C(C)C)CC[C@]34C)[C@H]2OC[C@](C)(N)C(C)C)n1. The molecule has 1 saturated heterocycles.